The van der Waals surface area contributed by atoms with Gasteiger partial charge in [-0.25, -0.2) is 0 Å². The van der Waals surface area contributed by atoms with Crippen molar-refractivity contribution < 1.29 is 14.8 Å². The van der Waals surface area contributed by atoms with Gasteiger partial charge < -0.3 is 5.11 Å². The summed E-state index contributed by atoms with van der Waals surface area (Å²) in [5.41, 5.74) is 0.732. The van der Waals surface area contributed by atoms with E-state index in [1.807, 2.05) is 0 Å². The van der Waals surface area contributed by atoms with Crippen LogP contribution in [-0.2, 0) is 11.2 Å². The number of halogens is 1. The zero-order chi connectivity index (χ0) is 15.4. The summed E-state index contributed by atoms with van der Waals surface area (Å²) in [5.74, 6) is -2.00. The van der Waals surface area contributed by atoms with Crippen molar-refractivity contribution in [2.24, 2.45) is 0 Å². The second-order valence-corrected chi connectivity index (χ2v) is 4.91. The predicted molar refractivity (Wildman–Crippen MR) is 78.6 cm³/mol. The summed E-state index contributed by atoms with van der Waals surface area (Å²) in [5, 5.41) is 20.8. The Kier molecular flexibility index (Phi) is 4.55. The first-order valence-electron chi connectivity index (χ1n) is 6.20. The fourth-order valence-corrected chi connectivity index (χ4v) is 2.44. The Morgan fingerprint density at radius 2 is 1.81 bits per heavy atom. The maximum atomic E-state index is 11.5. The van der Waals surface area contributed by atoms with Crippen molar-refractivity contribution >= 4 is 23.3 Å². The van der Waals surface area contributed by atoms with E-state index in [0.717, 1.165) is 0 Å². The molecule has 0 saturated carbocycles. The molecule has 0 fully saturated rings. The number of carboxylic acid groups (broad SMARTS) is 1. The van der Waals surface area contributed by atoms with E-state index in [1.165, 1.54) is 6.07 Å². The number of nitrogens with zero attached hydrogens (tertiary/aromatic N) is 1. The molecule has 2 rings (SSSR count). The number of rotatable bonds is 5. The number of nitro benzene ring substituents is 1. The van der Waals surface area contributed by atoms with Gasteiger partial charge in [-0.3, -0.25) is 14.9 Å². The van der Waals surface area contributed by atoms with Gasteiger partial charge in [-0.2, -0.15) is 0 Å². The summed E-state index contributed by atoms with van der Waals surface area (Å²) in [6.07, 6.45) is 0.0101. The Morgan fingerprint density at radius 1 is 1.19 bits per heavy atom. The number of hydrogen-bond acceptors (Lipinski definition) is 3. The fourth-order valence-electron chi connectivity index (χ4n) is 2.17. The molecule has 1 N–H and O–H groups in total. The average Bonchev–Trinajstić information content (AvgIpc) is 2.45. The van der Waals surface area contributed by atoms with Gasteiger partial charge in [0, 0.05) is 16.7 Å². The van der Waals surface area contributed by atoms with Gasteiger partial charge in [0.15, 0.2) is 0 Å². The second kappa shape index (κ2) is 6.37. The van der Waals surface area contributed by atoms with E-state index >= 15 is 0 Å². The quantitative estimate of drug-likeness (QED) is 0.675. The predicted octanol–water partition coefficient (Wildman–Crippen LogP) is 3.66. The molecule has 0 aromatic heterocycles. The summed E-state index contributed by atoms with van der Waals surface area (Å²) in [6.45, 7) is 0. The molecule has 21 heavy (non-hydrogen) atoms. The van der Waals surface area contributed by atoms with Crippen molar-refractivity contribution in [3.8, 4) is 0 Å². The van der Waals surface area contributed by atoms with Crippen molar-refractivity contribution in [1.82, 2.24) is 0 Å². The van der Waals surface area contributed by atoms with E-state index < -0.39 is 16.8 Å². The van der Waals surface area contributed by atoms with Crippen LogP contribution in [-0.4, -0.2) is 16.0 Å². The summed E-state index contributed by atoms with van der Waals surface area (Å²) < 4.78 is 0. The summed E-state index contributed by atoms with van der Waals surface area (Å²) in [7, 11) is 0. The first kappa shape index (κ1) is 15.0. The third kappa shape index (κ3) is 3.38. The number of hydrogen-bond donors (Lipinski definition) is 1. The molecule has 0 radical (unpaired) electrons. The fraction of sp³-hybridized carbons (Fsp3) is 0.133. The molecule has 2 aromatic rings. The van der Waals surface area contributed by atoms with E-state index in [4.69, 9.17) is 11.6 Å². The molecule has 0 aliphatic heterocycles. The van der Waals surface area contributed by atoms with Crippen LogP contribution in [0.3, 0.4) is 0 Å². The minimum Gasteiger partial charge on any atom is -0.481 e. The van der Waals surface area contributed by atoms with Gasteiger partial charge >= 0.3 is 5.97 Å². The first-order chi connectivity index (χ1) is 10.0. The lowest BCUT2D eigenvalue weighted by Gasteiger charge is -2.14. The lowest BCUT2D eigenvalue weighted by atomic mass is 9.91. The maximum absolute atomic E-state index is 11.5. The molecule has 1 atom stereocenters. The van der Waals surface area contributed by atoms with Crippen LogP contribution in [0.4, 0.5) is 5.69 Å². The molecule has 0 saturated heterocycles. The third-order valence-electron chi connectivity index (χ3n) is 3.19. The van der Waals surface area contributed by atoms with E-state index in [1.54, 1.807) is 42.5 Å². The molecule has 0 spiro atoms. The van der Waals surface area contributed by atoms with E-state index in [2.05, 4.69) is 0 Å². The topological polar surface area (TPSA) is 80.4 Å². The van der Waals surface area contributed by atoms with Crippen LogP contribution in [0.15, 0.2) is 48.5 Å². The molecule has 108 valence electrons. The number of carboxylic acids is 1. The molecular weight excluding hydrogens is 294 g/mol. The third-order valence-corrected chi connectivity index (χ3v) is 3.54. The molecule has 6 heteroatoms. The number of para-hydroxylation sites is 1. The Balaban J connectivity index is 2.41. The minimum atomic E-state index is -1.07. The van der Waals surface area contributed by atoms with Crippen molar-refractivity contribution in [2.75, 3.05) is 0 Å². The summed E-state index contributed by atoms with van der Waals surface area (Å²) >= 11 is 6.03. The maximum Gasteiger partial charge on any atom is 0.311 e. The van der Waals surface area contributed by atoms with Crippen LogP contribution in [0.25, 0.3) is 0 Å². The van der Waals surface area contributed by atoms with Gasteiger partial charge in [0.1, 0.15) is 0 Å². The highest BCUT2D eigenvalue weighted by Crippen LogP contribution is 2.30. The molecule has 0 amide bonds. The highest BCUT2D eigenvalue weighted by molar-refractivity contribution is 6.31. The Hall–Kier alpha value is -2.40. The normalized spacial score (nSPS) is 11.9. The first-order valence-corrected chi connectivity index (χ1v) is 6.58. The molecule has 0 bridgehead atoms. The van der Waals surface area contributed by atoms with Gasteiger partial charge in [0.2, 0.25) is 0 Å². The highest BCUT2D eigenvalue weighted by Gasteiger charge is 2.25. The molecular formula is C15H12ClNO4. The van der Waals surface area contributed by atoms with Crippen LogP contribution >= 0.6 is 11.6 Å². The molecule has 1 unspecified atom stereocenters. The van der Waals surface area contributed by atoms with Gasteiger partial charge in [0.25, 0.3) is 5.69 Å². The van der Waals surface area contributed by atoms with Crippen LogP contribution in [0.5, 0.6) is 0 Å². The standard InChI is InChI=1S/C15H12ClNO4/c16-13-7-3-2-6-11(13)12(15(18)19)9-10-5-1-4-8-14(10)17(20)21/h1-8,12H,9H2,(H,18,19). The number of benzene rings is 2. The van der Waals surface area contributed by atoms with Crippen molar-refractivity contribution in [2.45, 2.75) is 12.3 Å². The molecule has 2 aromatic carbocycles. The highest BCUT2D eigenvalue weighted by atomic mass is 35.5. The Morgan fingerprint density at radius 3 is 2.43 bits per heavy atom. The molecule has 0 aliphatic carbocycles. The zero-order valence-electron chi connectivity index (χ0n) is 10.9. The molecule has 0 heterocycles. The van der Waals surface area contributed by atoms with E-state index in [9.17, 15) is 20.0 Å². The lowest BCUT2D eigenvalue weighted by Crippen LogP contribution is -2.15. The smallest absolute Gasteiger partial charge is 0.311 e. The van der Waals surface area contributed by atoms with Gasteiger partial charge in [0.05, 0.1) is 10.8 Å². The van der Waals surface area contributed by atoms with Crippen LogP contribution < -0.4 is 0 Å². The van der Waals surface area contributed by atoms with Crippen LogP contribution in [0, 0.1) is 10.1 Å². The van der Waals surface area contributed by atoms with Crippen molar-refractivity contribution in [1.29, 1.82) is 0 Å². The van der Waals surface area contributed by atoms with Crippen molar-refractivity contribution in [3.63, 3.8) is 0 Å². The second-order valence-electron chi connectivity index (χ2n) is 4.50. The number of nitro groups is 1. The number of carbonyl (C=O) groups is 1. The Bertz CT molecular complexity index is 687. The molecule has 5 nitrogen and oxygen atoms in total. The van der Waals surface area contributed by atoms with Gasteiger partial charge in [-0.15, -0.1) is 0 Å². The molecule has 0 aliphatic rings. The summed E-state index contributed by atoms with van der Waals surface area (Å²) in [6, 6.07) is 12.7. The van der Waals surface area contributed by atoms with Gasteiger partial charge in [-0.1, -0.05) is 48.0 Å². The lowest BCUT2D eigenvalue weighted by molar-refractivity contribution is -0.385. The average molecular weight is 306 g/mol. The number of aliphatic carboxylic acids is 1. The monoisotopic (exact) mass is 305 g/mol. The Labute approximate surface area is 125 Å². The van der Waals surface area contributed by atoms with Crippen LogP contribution in [0.2, 0.25) is 5.02 Å². The zero-order valence-corrected chi connectivity index (χ0v) is 11.7. The van der Waals surface area contributed by atoms with E-state index in [0.29, 0.717) is 16.1 Å². The van der Waals surface area contributed by atoms with Crippen molar-refractivity contribution in [3.05, 3.63) is 74.8 Å². The minimum absolute atomic E-state index is 0.0101. The van der Waals surface area contributed by atoms with E-state index in [-0.39, 0.29) is 12.1 Å². The largest absolute Gasteiger partial charge is 0.481 e. The SMILES string of the molecule is O=C(O)C(Cc1ccccc1[N+](=O)[O-])c1ccccc1Cl. The summed E-state index contributed by atoms with van der Waals surface area (Å²) in [4.78, 5) is 22.0. The van der Waals surface area contributed by atoms with Gasteiger partial charge in [-0.05, 0) is 18.1 Å². The van der Waals surface area contributed by atoms with Crippen LogP contribution in [0.1, 0.15) is 17.0 Å².